The zero-order valence-electron chi connectivity index (χ0n) is 14.7. The highest BCUT2D eigenvalue weighted by molar-refractivity contribution is 6.13. The monoisotopic (exact) mass is 337 g/mol. The van der Waals surface area contributed by atoms with E-state index in [4.69, 9.17) is 11.1 Å². The van der Waals surface area contributed by atoms with Crippen LogP contribution < -0.4 is 11.1 Å². The van der Waals surface area contributed by atoms with Gasteiger partial charge in [0.1, 0.15) is 5.82 Å². The number of halogens is 1. The van der Waals surface area contributed by atoms with E-state index < -0.39 is 0 Å². The van der Waals surface area contributed by atoms with E-state index in [1.165, 1.54) is 12.1 Å². The summed E-state index contributed by atoms with van der Waals surface area (Å²) in [7, 11) is 0. The number of nitrogen functional groups attached to an aromatic ring is 1. The number of allylic oxidation sites excluding steroid dienone is 1. The predicted molar refractivity (Wildman–Crippen MR) is 105 cm³/mol. The maximum Gasteiger partial charge on any atom is 0.123 e. The van der Waals surface area contributed by atoms with E-state index in [1.54, 1.807) is 30.4 Å². The number of benzene rings is 2. The summed E-state index contributed by atoms with van der Waals surface area (Å²) >= 11 is 0. The number of hydrogen-bond donors (Lipinski definition) is 3. The molecule has 0 radical (unpaired) electrons. The number of hydrogen-bond acceptors (Lipinski definition) is 3. The SMILES string of the molecule is C=C(NCC)c1ccc(N)c(C(=N)/C=C/c2cccc(F)c2)c1CC. The summed E-state index contributed by atoms with van der Waals surface area (Å²) in [4.78, 5) is 0. The zero-order valence-corrected chi connectivity index (χ0v) is 14.7. The zero-order chi connectivity index (χ0) is 18.4. The third-order valence-electron chi connectivity index (χ3n) is 3.97. The predicted octanol–water partition coefficient (Wildman–Crippen LogP) is 4.63. The van der Waals surface area contributed by atoms with Gasteiger partial charge < -0.3 is 16.5 Å². The van der Waals surface area contributed by atoms with Crippen molar-refractivity contribution >= 4 is 23.2 Å². The molecule has 0 atom stereocenters. The van der Waals surface area contributed by atoms with Gasteiger partial charge in [-0.1, -0.05) is 37.8 Å². The Morgan fingerprint density at radius 2 is 2.04 bits per heavy atom. The van der Waals surface area contributed by atoms with Gasteiger partial charge in [0.05, 0.1) is 5.71 Å². The summed E-state index contributed by atoms with van der Waals surface area (Å²) < 4.78 is 13.3. The summed E-state index contributed by atoms with van der Waals surface area (Å²) in [6.07, 6.45) is 4.10. The molecule has 2 rings (SSSR count). The second-order valence-electron chi connectivity index (χ2n) is 5.72. The van der Waals surface area contributed by atoms with E-state index in [-0.39, 0.29) is 5.82 Å². The molecule has 0 bridgehead atoms. The Morgan fingerprint density at radius 3 is 2.68 bits per heavy atom. The molecule has 0 heterocycles. The van der Waals surface area contributed by atoms with Crippen LogP contribution in [0.4, 0.5) is 10.1 Å². The van der Waals surface area contributed by atoms with Crippen LogP contribution in [-0.2, 0) is 6.42 Å². The molecule has 2 aromatic rings. The lowest BCUT2D eigenvalue weighted by Crippen LogP contribution is -2.14. The van der Waals surface area contributed by atoms with Crippen molar-refractivity contribution in [2.24, 2.45) is 0 Å². The molecule has 0 aliphatic rings. The summed E-state index contributed by atoms with van der Waals surface area (Å²) in [6, 6.07) is 10.00. The average Bonchev–Trinajstić information content (AvgIpc) is 2.59. The van der Waals surface area contributed by atoms with Crippen molar-refractivity contribution in [2.45, 2.75) is 20.3 Å². The van der Waals surface area contributed by atoms with Gasteiger partial charge in [0.15, 0.2) is 0 Å². The first kappa shape index (κ1) is 18.5. The molecule has 0 saturated heterocycles. The van der Waals surface area contributed by atoms with Crippen LogP contribution >= 0.6 is 0 Å². The molecule has 25 heavy (non-hydrogen) atoms. The van der Waals surface area contributed by atoms with Crippen LogP contribution in [0.2, 0.25) is 0 Å². The number of anilines is 1. The van der Waals surface area contributed by atoms with E-state index in [0.717, 1.165) is 29.8 Å². The smallest absolute Gasteiger partial charge is 0.123 e. The minimum absolute atomic E-state index is 0.296. The highest BCUT2D eigenvalue weighted by Gasteiger charge is 2.14. The van der Waals surface area contributed by atoms with Crippen LogP contribution in [0.15, 0.2) is 49.1 Å². The first-order chi connectivity index (χ1) is 12.0. The van der Waals surface area contributed by atoms with Crippen molar-refractivity contribution in [1.82, 2.24) is 5.32 Å². The molecule has 0 amide bonds. The maximum atomic E-state index is 13.3. The number of nitrogens with one attached hydrogen (secondary N) is 2. The van der Waals surface area contributed by atoms with Crippen LogP contribution in [0.25, 0.3) is 11.8 Å². The third kappa shape index (κ3) is 4.35. The van der Waals surface area contributed by atoms with Crippen molar-refractivity contribution in [3.63, 3.8) is 0 Å². The normalized spacial score (nSPS) is 10.8. The molecule has 0 aromatic heterocycles. The topological polar surface area (TPSA) is 61.9 Å². The lowest BCUT2D eigenvalue weighted by Gasteiger charge is -2.17. The van der Waals surface area contributed by atoms with E-state index >= 15 is 0 Å². The fraction of sp³-hybridized carbons (Fsp3) is 0.190. The number of nitrogens with two attached hydrogens (primary N) is 1. The molecule has 0 fully saturated rings. The minimum Gasteiger partial charge on any atom is -0.398 e. The van der Waals surface area contributed by atoms with Crippen LogP contribution in [-0.4, -0.2) is 12.3 Å². The summed E-state index contributed by atoms with van der Waals surface area (Å²) in [5.41, 5.74) is 11.2. The molecule has 2 aromatic carbocycles. The molecule has 0 aliphatic heterocycles. The second kappa shape index (κ2) is 8.29. The Bertz CT molecular complexity index is 822. The van der Waals surface area contributed by atoms with Crippen LogP contribution in [0, 0.1) is 11.2 Å². The fourth-order valence-corrected chi connectivity index (χ4v) is 2.82. The summed E-state index contributed by atoms with van der Waals surface area (Å²) in [5, 5.41) is 11.7. The highest BCUT2D eigenvalue weighted by atomic mass is 19.1. The molecule has 0 saturated carbocycles. The Morgan fingerprint density at radius 1 is 1.28 bits per heavy atom. The van der Waals surface area contributed by atoms with Crippen molar-refractivity contribution < 1.29 is 4.39 Å². The summed E-state index contributed by atoms with van der Waals surface area (Å²) in [6.45, 7) is 8.90. The molecular formula is C21H24FN3. The second-order valence-corrected chi connectivity index (χ2v) is 5.72. The van der Waals surface area contributed by atoms with Gasteiger partial charge in [-0.05, 0) is 48.7 Å². The Labute approximate surface area is 148 Å². The highest BCUT2D eigenvalue weighted by Crippen LogP contribution is 2.27. The van der Waals surface area contributed by atoms with Gasteiger partial charge in [-0.25, -0.2) is 4.39 Å². The van der Waals surface area contributed by atoms with Crippen molar-refractivity contribution in [2.75, 3.05) is 12.3 Å². The molecular weight excluding hydrogens is 313 g/mol. The quantitative estimate of drug-likeness (QED) is 0.509. The molecule has 0 spiro atoms. The summed E-state index contributed by atoms with van der Waals surface area (Å²) in [5.74, 6) is -0.300. The molecule has 0 aliphatic carbocycles. The van der Waals surface area contributed by atoms with Crippen molar-refractivity contribution in [1.29, 1.82) is 5.41 Å². The molecule has 0 unspecified atom stereocenters. The Hall–Kier alpha value is -2.88. The van der Waals surface area contributed by atoms with Gasteiger partial charge in [-0.2, -0.15) is 0 Å². The van der Waals surface area contributed by atoms with Crippen LogP contribution in [0.5, 0.6) is 0 Å². The number of rotatable bonds is 7. The van der Waals surface area contributed by atoms with Crippen molar-refractivity contribution in [3.8, 4) is 0 Å². The largest absolute Gasteiger partial charge is 0.398 e. The molecule has 130 valence electrons. The van der Waals surface area contributed by atoms with Gasteiger partial charge in [-0.15, -0.1) is 0 Å². The minimum atomic E-state index is -0.300. The Balaban J connectivity index is 2.41. The molecule has 4 heteroatoms. The van der Waals surface area contributed by atoms with Crippen molar-refractivity contribution in [3.05, 3.63) is 77.1 Å². The molecule has 3 nitrogen and oxygen atoms in total. The van der Waals surface area contributed by atoms with E-state index in [9.17, 15) is 4.39 Å². The first-order valence-electron chi connectivity index (χ1n) is 8.35. The maximum absolute atomic E-state index is 13.3. The van der Waals surface area contributed by atoms with Crippen LogP contribution in [0.1, 0.15) is 36.1 Å². The standard InChI is InChI=1S/C21H24FN3/c1-4-17-18(14(3)25-5-2)10-12-20(24)21(17)19(23)11-9-15-7-6-8-16(22)13-15/h6-13,23,25H,3-5,24H2,1-2H3/b11-9+,23-19?. The Kier molecular flexibility index (Phi) is 6.12. The van der Waals surface area contributed by atoms with Gasteiger partial charge in [0, 0.05) is 29.1 Å². The van der Waals surface area contributed by atoms with Crippen LogP contribution in [0.3, 0.4) is 0 Å². The van der Waals surface area contributed by atoms with Gasteiger partial charge in [-0.3, -0.25) is 0 Å². The van der Waals surface area contributed by atoms with Gasteiger partial charge in [0.2, 0.25) is 0 Å². The van der Waals surface area contributed by atoms with Gasteiger partial charge >= 0.3 is 0 Å². The van der Waals surface area contributed by atoms with Gasteiger partial charge in [0.25, 0.3) is 0 Å². The lowest BCUT2D eigenvalue weighted by atomic mass is 9.92. The lowest BCUT2D eigenvalue weighted by molar-refractivity contribution is 0.627. The van der Waals surface area contributed by atoms with E-state index in [0.29, 0.717) is 22.5 Å². The van der Waals surface area contributed by atoms with E-state index in [2.05, 4.69) is 11.9 Å². The average molecular weight is 337 g/mol. The first-order valence-corrected chi connectivity index (χ1v) is 8.35. The third-order valence-corrected chi connectivity index (χ3v) is 3.97. The fourth-order valence-electron chi connectivity index (χ4n) is 2.82. The van der Waals surface area contributed by atoms with E-state index in [1.807, 2.05) is 19.9 Å². The molecule has 4 N–H and O–H groups in total.